The molecule has 0 saturated carbocycles. The van der Waals surface area contributed by atoms with E-state index in [1.54, 1.807) is 42.5 Å². The van der Waals surface area contributed by atoms with Crippen molar-refractivity contribution in [2.75, 3.05) is 10.6 Å². The predicted octanol–water partition coefficient (Wildman–Crippen LogP) is 5.41. The van der Waals surface area contributed by atoms with Crippen LogP contribution in [0.1, 0.15) is 20.7 Å². The van der Waals surface area contributed by atoms with Gasteiger partial charge in [-0.2, -0.15) is 0 Å². The molecule has 8 heteroatoms. The summed E-state index contributed by atoms with van der Waals surface area (Å²) in [6.45, 7) is 0. The number of amides is 2. The number of halogens is 1. The van der Waals surface area contributed by atoms with Crippen LogP contribution in [0.3, 0.4) is 0 Å². The topological polar surface area (TPSA) is 86.9 Å². The van der Waals surface area contributed by atoms with Crippen molar-refractivity contribution in [1.82, 2.24) is 9.97 Å². The molecule has 4 aromatic rings. The van der Waals surface area contributed by atoms with E-state index in [2.05, 4.69) is 36.5 Å². The fraction of sp³-hybridized carbons (Fsp3) is 0. The standard InChI is InChI=1S/C21H15BrN4O2S/c22-14-6-3-5-13(11-14)19(27)24-16-8-2-1-7-15(16)20(28)26-21-25-18(12-29-21)17-9-4-10-23-17/h1-12,23H,(H,24,27)(H,25,26,28). The molecule has 2 heterocycles. The minimum atomic E-state index is -0.345. The van der Waals surface area contributed by atoms with Crippen LogP contribution in [0.4, 0.5) is 10.8 Å². The fourth-order valence-corrected chi connectivity index (χ4v) is 3.83. The summed E-state index contributed by atoms with van der Waals surface area (Å²) in [4.78, 5) is 32.9. The van der Waals surface area contributed by atoms with Crippen LogP contribution >= 0.6 is 27.3 Å². The van der Waals surface area contributed by atoms with Crippen molar-refractivity contribution >= 4 is 49.9 Å². The molecule has 0 atom stereocenters. The summed E-state index contributed by atoms with van der Waals surface area (Å²) in [5.41, 5.74) is 2.91. The minimum Gasteiger partial charge on any atom is -0.360 e. The highest BCUT2D eigenvalue weighted by atomic mass is 79.9. The summed E-state index contributed by atoms with van der Waals surface area (Å²) < 4.78 is 0.804. The number of nitrogens with zero attached hydrogens (tertiary/aromatic N) is 1. The number of rotatable bonds is 5. The number of hydrogen-bond donors (Lipinski definition) is 3. The molecular formula is C21H15BrN4O2S. The SMILES string of the molecule is O=C(Nc1ccccc1C(=O)Nc1nc(-c2ccc[nH]2)cs1)c1cccc(Br)c1. The van der Waals surface area contributed by atoms with Gasteiger partial charge in [-0.15, -0.1) is 11.3 Å². The number of aromatic nitrogens is 2. The van der Waals surface area contributed by atoms with E-state index in [1.165, 1.54) is 11.3 Å². The molecule has 4 rings (SSSR count). The van der Waals surface area contributed by atoms with Crippen LogP contribution in [-0.2, 0) is 0 Å². The Labute approximate surface area is 179 Å². The second-order valence-electron chi connectivity index (χ2n) is 6.09. The lowest BCUT2D eigenvalue weighted by Gasteiger charge is -2.10. The normalized spacial score (nSPS) is 10.5. The molecule has 2 aromatic heterocycles. The lowest BCUT2D eigenvalue weighted by atomic mass is 10.1. The molecule has 6 nitrogen and oxygen atoms in total. The van der Waals surface area contributed by atoms with Gasteiger partial charge in [-0.25, -0.2) is 4.98 Å². The third kappa shape index (κ3) is 4.44. The Morgan fingerprint density at radius 2 is 1.83 bits per heavy atom. The first-order valence-corrected chi connectivity index (χ1v) is 10.3. The lowest BCUT2D eigenvalue weighted by molar-refractivity contribution is 0.102. The molecule has 0 aliphatic carbocycles. The van der Waals surface area contributed by atoms with Crippen molar-refractivity contribution < 1.29 is 9.59 Å². The molecule has 29 heavy (non-hydrogen) atoms. The van der Waals surface area contributed by atoms with Gasteiger partial charge in [-0.1, -0.05) is 34.1 Å². The summed E-state index contributed by atoms with van der Waals surface area (Å²) in [6, 6.07) is 17.7. The third-order valence-corrected chi connectivity index (χ3v) is 5.36. The van der Waals surface area contributed by atoms with Crippen molar-refractivity contribution in [3.05, 3.63) is 87.8 Å². The van der Waals surface area contributed by atoms with E-state index in [4.69, 9.17) is 0 Å². The number of H-pyrrole nitrogens is 1. The third-order valence-electron chi connectivity index (χ3n) is 4.11. The number of carbonyl (C=O) groups excluding carboxylic acids is 2. The number of benzene rings is 2. The van der Waals surface area contributed by atoms with Gasteiger partial charge in [0.25, 0.3) is 11.8 Å². The van der Waals surface area contributed by atoms with Crippen molar-refractivity contribution in [2.45, 2.75) is 0 Å². The molecule has 3 N–H and O–H groups in total. The minimum absolute atomic E-state index is 0.296. The molecule has 0 fully saturated rings. The first-order chi connectivity index (χ1) is 14.1. The number of hydrogen-bond acceptors (Lipinski definition) is 4. The average molecular weight is 467 g/mol. The van der Waals surface area contributed by atoms with Gasteiger partial charge in [-0.3, -0.25) is 14.9 Å². The van der Waals surface area contributed by atoms with Gasteiger partial charge < -0.3 is 10.3 Å². The second-order valence-corrected chi connectivity index (χ2v) is 7.86. The van der Waals surface area contributed by atoms with Gasteiger partial charge in [-0.05, 0) is 42.5 Å². The average Bonchev–Trinajstić information content (AvgIpc) is 3.40. The van der Waals surface area contributed by atoms with Crippen molar-refractivity contribution in [1.29, 1.82) is 0 Å². The summed E-state index contributed by atoms with van der Waals surface area (Å²) in [5.74, 6) is -0.641. The molecule has 2 aromatic carbocycles. The fourth-order valence-electron chi connectivity index (χ4n) is 2.72. The predicted molar refractivity (Wildman–Crippen MR) is 118 cm³/mol. The highest BCUT2D eigenvalue weighted by Crippen LogP contribution is 2.25. The number of carbonyl (C=O) groups is 2. The molecule has 0 radical (unpaired) electrons. The first-order valence-electron chi connectivity index (χ1n) is 8.67. The van der Waals surface area contributed by atoms with Crippen LogP contribution in [-0.4, -0.2) is 21.8 Å². The maximum Gasteiger partial charge on any atom is 0.259 e. The highest BCUT2D eigenvalue weighted by Gasteiger charge is 2.16. The molecule has 0 spiro atoms. The Balaban J connectivity index is 1.52. The number of para-hydroxylation sites is 1. The zero-order chi connectivity index (χ0) is 20.2. The molecule has 0 unspecified atom stereocenters. The van der Waals surface area contributed by atoms with Crippen LogP contribution in [0.2, 0.25) is 0 Å². The summed E-state index contributed by atoms with van der Waals surface area (Å²) >= 11 is 4.69. The van der Waals surface area contributed by atoms with E-state index in [0.717, 1.165) is 15.9 Å². The van der Waals surface area contributed by atoms with Crippen LogP contribution in [0.25, 0.3) is 11.4 Å². The zero-order valence-electron chi connectivity index (χ0n) is 15.0. The van der Waals surface area contributed by atoms with Gasteiger partial charge in [0.15, 0.2) is 5.13 Å². The number of aromatic amines is 1. The van der Waals surface area contributed by atoms with E-state index < -0.39 is 0 Å². The Morgan fingerprint density at radius 1 is 0.966 bits per heavy atom. The van der Waals surface area contributed by atoms with Gasteiger partial charge in [0.2, 0.25) is 0 Å². The number of anilines is 2. The van der Waals surface area contributed by atoms with Crippen molar-refractivity contribution in [3.8, 4) is 11.4 Å². The molecular weight excluding hydrogens is 452 g/mol. The molecule has 0 aliphatic rings. The maximum atomic E-state index is 12.8. The van der Waals surface area contributed by atoms with E-state index in [0.29, 0.717) is 21.9 Å². The largest absolute Gasteiger partial charge is 0.360 e. The van der Waals surface area contributed by atoms with Crippen molar-refractivity contribution in [2.24, 2.45) is 0 Å². The summed E-state index contributed by atoms with van der Waals surface area (Å²) in [5, 5.41) is 7.95. The lowest BCUT2D eigenvalue weighted by Crippen LogP contribution is -2.18. The molecule has 2 amide bonds. The Morgan fingerprint density at radius 3 is 2.62 bits per heavy atom. The Bertz CT molecular complexity index is 1170. The van der Waals surface area contributed by atoms with E-state index in [1.807, 2.05) is 29.8 Å². The molecule has 0 bridgehead atoms. The van der Waals surface area contributed by atoms with Gasteiger partial charge in [0.05, 0.1) is 22.6 Å². The molecule has 144 valence electrons. The quantitative estimate of drug-likeness (QED) is 0.367. The summed E-state index contributed by atoms with van der Waals surface area (Å²) in [6.07, 6.45) is 1.82. The number of thiazole rings is 1. The Kier molecular flexibility index (Phi) is 5.55. The van der Waals surface area contributed by atoms with E-state index in [9.17, 15) is 9.59 Å². The van der Waals surface area contributed by atoms with Crippen molar-refractivity contribution in [3.63, 3.8) is 0 Å². The second kappa shape index (κ2) is 8.42. The monoisotopic (exact) mass is 466 g/mol. The van der Waals surface area contributed by atoms with Gasteiger partial charge in [0, 0.05) is 21.6 Å². The van der Waals surface area contributed by atoms with Gasteiger partial charge >= 0.3 is 0 Å². The first kappa shape index (κ1) is 19.1. The van der Waals surface area contributed by atoms with E-state index >= 15 is 0 Å². The van der Waals surface area contributed by atoms with Gasteiger partial charge in [0.1, 0.15) is 0 Å². The molecule has 0 saturated heterocycles. The van der Waals surface area contributed by atoms with Crippen LogP contribution in [0, 0.1) is 0 Å². The van der Waals surface area contributed by atoms with E-state index in [-0.39, 0.29) is 11.8 Å². The molecule has 0 aliphatic heterocycles. The number of nitrogens with one attached hydrogen (secondary N) is 3. The highest BCUT2D eigenvalue weighted by molar-refractivity contribution is 9.10. The van der Waals surface area contributed by atoms with Crippen LogP contribution < -0.4 is 10.6 Å². The Hall–Kier alpha value is -3.23. The smallest absolute Gasteiger partial charge is 0.259 e. The van der Waals surface area contributed by atoms with Crippen LogP contribution in [0.15, 0.2) is 76.7 Å². The summed E-state index contributed by atoms with van der Waals surface area (Å²) in [7, 11) is 0. The van der Waals surface area contributed by atoms with Crippen LogP contribution in [0.5, 0.6) is 0 Å². The zero-order valence-corrected chi connectivity index (χ0v) is 17.4. The maximum absolute atomic E-state index is 12.8.